The number of aliphatic hydroxyl groups is 1. The lowest BCUT2D eigenvalue weighted by atomic mass is 9.99. The number of fused-ring (bicyclic) bond motifs is 1. The van der Waals surface area contributed by atoms with Crippen molar-refractivity contribution < 1.29 is 9.90 Å². The van der Waals surface area contributed by atoms with E-state index in [0.717, 1.165) is 17.7 Å². The fourth-order valence-corrected chi connectivity index (χ4v) is 3.50. The molecular weight excluding hydrogens is 234 g/mol. The van der Waals surface area contributed by atoms with Gasteiger partial charge in [0.2, 0.25) is 0 Å². The zero-order valence-electron chi connectivity index (χ0n) is 10.2. The van der Waals surface area contributed by atoms with Crippen molar-refractivity contribution in [3.8, 4) is 0 Å². The zero-order chi connectivity index (χ0) is 12.3. The number of aliphatic hydroxyl groups excluding tert-OH is 1. The minimum absolute atomic E-state index is 0.0324. The summed E-state index contributed by atoms with van der Waals surface area (Å²) in [7, 11) is 0. The first-order valence-corrected chi connectivity index (χ1v) is 7.09. The first-order valence-electron chi connectivity index (χ1n) is 6.28. The second-order valence-electron chi connectivity index (χ2n) is 4.37. The number of likely N-dealkylation sites (N-methyl/N-ethyl adjacent to an activating group) is 1. The van der Waals surface area contributed by atoms with Crippen LogP contribution in [0.15, 0.2) is 6.07 Å². The molecule has 0 saturated heterocycles. The van der Waals surface area contributed by atoms with E-state index in [-0.39, 0.29) is 12.5 Å². The van der Waals surface area contributed by atoms with Gasteiger partial charge in [-0.25, -0.2) is 0 Å². The molecule has 4 heteroatoms. The van der Waals surface area contributed by atoms with Gasteiger partial charge in [0.25, 0.3) is 5.91 Å². The monoisotopic (exact) mass is 253 g/mol. The lowest BCUT2D eigenvalue weighted by Gasteiger charge is -2.18. The van der Waals surface area contributed by atoms with Gasteiger partial charge in [-0.3, -0.25) is 4.79 Å². The van der Waals surface area contributed by atoms with Crippen LogP contribution in [0.5, 0.6) is 0 Å². The number of carbonyl (C=O) groups is 1. The third-order valence-electron chi connectivity index (χ3n) is 3.25. The zero-order valence-corrected chi connectivity index (χ0v) is 11.1. The molecule has 0 spiro atoms. The van der Waals surface area contributed by atoms with Crippen LogP contribution in [0.3, 0.4) is 0 Å². The maximum atomic E-state index is 12.2. The minimum Gasteiger partial charge on any atom is -0.395 e. The Kier molecular flexibility index (Phi) is 4.18. The van der Waals surface area contributed by atoms with Gasteiger partial charge in [0.05, 0.1) is 11.5 Å². The summed E-state index contributed by atoms with van der Waals surface area (Å²) in [5.74, 6) is 0.0703. The van der Waals surface area contributed by atoms with E-state index in [0.29, 0.717) is 13.1 Å². The molecule has 0 unspecified atom stereocenters. The largest absolute Gasteiger partial charge is 0.395 e. The number of thiophene rings is 1. The predicted octanol–water partition coefficient (Wildman–Crippen LogP) is 2.08. The number of carbonyl (C=O) groups excluding carboxylic acids is 1. The lowest BCUT2D eigenvalue weighted by Crippen LogP contribution is -2.32. The average Bonchev–Trinajstić information content (AvgIpc) is 2.78. The summed E-state index contributed by atoms with van der Waals surface area (Å²) in [6, 6.07) is 2.06. The molecule has 3 nitrogen and oxygen atoms in total. The minimum atomic E-state index is 0.0324. The van der Waals surface area contributed by atoms with Crippen LogP contribution in [0.2, 0.25) is 0 Å². The third-order valence-corrected chi connectivity index (χ3v) is 4.47. The molecule has 1 N–H and O–H groups in total. The van der Waals surface area contributed by atoms with Gasteiger partial charge in [-0.05, 0) is 44.2 Å². The number of amides is 1. The van der Waals surface area contributed by atoms with E-state index in [2.05, 4.69) is 6.07 Å². The lowest BCUT2D eigenvalue weighted by molar-refractivity contribution is 0.0737. The van der Waals surface area contributed by atoms with Crippen molar-refractivity contribution in [1.29, 1.82) is 0 Å². The SMILES string of the molecule is CCN(CCO)C(=O)c1cc2c(s1)CCCC2. The van der Waals surface area contributed by atoms with E-state index in [1.807, 2.05) is 6.92 Å². The fraction of sp³-hybridized carbons (Fsp3) is 0.615. The molecule has 94 valence electrons. The first-order chi connectivity index (χ1) is 8.26. The Morgan fingerprint density at radius 3 is 2.88 bits per heavy atom. The molecule has 2 rings (SSSR count). The molecule has 0 fully saturated rings. The highest BCUT2D eigenvalue weighted by Crippen LogP contribution is 2.30. The van der Waals surface area contributed by atoms with Crippen molar-refractivity contribution in [3.05, 3.63) is 21.4 Å². The Morgan fingerprint density at radius 2 is 2.24 bits per heavy atom. The van der Waals surface area contributed by atoms with Crippen LogP contribution in [0.1, 0.15) is 39.9 Å². The van der Waals surface area contributed by atoms with Crippen molar-refractivity contribution in [2.75, 3.05) is 19.7 Å². The summed E-state index contributed by atoms with van der Waals surface area (Å²) in [6.45, 7) is 3.06. The molecule has 1 amide bonds. The van der Waals surface area contributed by atoms with Crippen LogP contribution in [0.25, 0.3) is 0 Å². The van der Waals surface area contributed by atoms with E-state index >= 15 is 0 Å². The van der Waals surface area contributed by atoms with Crippen LogP contribution in [-0.4, -0.2) is 35.6 Å². The maximum absolute atomic E-state index is 12.2. The number of nitrogens with zero attached hydrogens (tertiary/aromatic N) is 1. The Balaban J connectivity index is 2.15. The molecule has 0 aliphatic heterocycles. The predicted molar refractivity (Wildman–Crippen MR) is 69.6 cm³/mol. The van der Waals surface area contributed by atoms with Crippen molar-refractivity contribution in [2.24, 2.45) is 0 Å². The van der Waals surface area contributed by atoms with Crippen LogP contribution in [0.4, 0.5) is 0 Å². The Labute approximate surface area is 106 Å². The number of aryl methyl sites for hydroxylation is 2. The molecule has 0 aromatic carbocycles. The average molecular weight is 253 g/mol. The van der Waals surface area contributed by atoms with Crippen LogP contribution < -0.4 is 0 Å². The molecule has 0 bridgehead atoms. The van der Waals surface area contributed by atoms with Gasteiger partial charge in [0, 0.05) is 18.0 Å². The summed E-state index contributed by atoms with van der Waals surface area (Å²) in [4.78, 5) is 16.1. The normalized spacial score (nSPS) is 14.5. The summed E-state index contributed by atoms with van der Waals surface area (Å²) in [5, 5.41) is 8.94. The van der Waals surface area contributed by atoms with E-state index < -0.39 is 0 Å². The highest BCUT2D eigenvalue weighted by Gasteiger charge is 2.20. The maximum Gasteiger partial charge on any atom is 0.264 e. The summed E-state index contributed by atoms with van der Waals surface area (Å²) in [6.07, 6.45) is 4.73. The highest BCUT2D eigenvalue weighted by atomic mass is 32.1. The van der Waals surface area contributed by atoms with Gasteiger partial charge in [-0.1, -0.05) is 0 Å². The molecule has 1 aromatic heterocycles. The molecular formula is C13H19NO2S. The number of hydrogen-bond donors (Lipinski definition) is 1. The molecule has 1 aliphatic carbocycles. The van der Waals surface area contributed by atoms with Crippen molar-refractivity contribution in [1.82, 2.24) is 4.90 Å². The Hall–Kier alpha value is -0.870. The van der Waals surface area contributed by atoms with Crippen LogP contribution in [-0.2, 0) is 12.8 Å². The van der Waals surface area contributed by atoms with Gasteiger partial charge in [-0.15, -0.1) is 11.3 Å². The van der Waals surface area contributed by atoms with Crippen molar-refractivity contribution in [3.63, 3.8) is 0 Å². The van der Waals surface area contributed by atoms with Crippen molar-refractivity contribution >= 4 is 17.2 Å². The molecule has 1 aromatic rings. The topological polar surface area (TPSA) is 40.5 Å². The fourth-order valence-electron chi connectivity index (χ4n) is 2.28. The van der Waals surface area contributed by atoms with Crippen molar-refractivity contribution in [2.45, 2.75) is 32.6 Å². The van der Waals surface area contributed by atoms with Gasteiger partial charge < -0.3 is 10.0 Å². The quantitative estimate of drug-likeness (QED) is 0.892. The first kappa shape index (κ1) is 12.6. The number of rotatable bonds is 4. The molecule has 0 atom stereocenters. The smallest absolute Gasteiger partial charge is 0.264 e. The molecule has 1 heterocycles. The van der Waals surface area contributed by atoms with E-state index in [1.165, 1.54) is 23.3 Å². The summed E-state index contributed by atoms with van der Waals surface area (Å²) >= 11 is 1.64. The molecule has 0 radical (unpaired) electrons. The Bertz CT molecular complexity index is 377. The Morgan fingerprint density at radius 1 is 1.47 bits per heavy atom. The van der Waals surface area contributed by atoms with E-state index in [4.69, 9.17) is 5.11 Å². The van der Waals surface area contributed by atoms with Gasteiger partial charge in [0.1, 0.15) is 0 Å². The van der Waals surface area contributed by atoms with Crippen LogP contribution >= 0.6 is 11.3 Å². The van der Waals surface area contributed by atoms with E-state index in [9.17, 15) is 4.79 Å². The van der Waals surface area contributed by atoms with Gasteiger partial charge in [-0.2, -0.15) is 0 Å². The van der Waals surface area contributed by atoms with Gasteiger partial charge >= 0.3 is 0 Å². The standard InChI is InChI=1S/C13H19NO2S/c1-2-14(7-8-15)13(16)12-9-10-5-3-4-6-11(10)17-12/h9,15H,2-8H2,1H3. The summed E-state index contributed by atoms with van der Waals surface area (Å²) in [5.41, 5.74) is 1.37. The summed E-state index contributed by atoms with van der Waals surface area (Å²) < 4.78 is 0. The second-order valence-corrected chi connectivity index (χ2v) is 5.51. The molecule has 17 heavy (non-hydrogen) atoms. The highest BCUT2D eigenvalue weighted by molar-refractivity contribution is 7.14. The molecule has 1 aliphatic rings. The molecule has 0 saturated carbocycles. The third kappa shape index (κ3) is 2.69. The van der Waals surface area contributed by atoms with Gasteiger partial charge in [0.15, 0.2) is 0 Å². The second kappa shape index (κ2) is 5.65. The van der Waals surface area contributed by atoms with E-state index in [1.54, 1.807) is 16.2 Å². The van der Waals surface area contributed by atoms with Crippen LogP contribution in [0, 0.1) is 0 Å². The number of hydrogen-bond acceptors (Lipinski definition) is 3.